The van der Waals surface area contributed by atoms with Crippen molar-refractivity contribution in [2.45, 2.75) is 68.6 Å². The van der Waals surface area contributed by atoms with Gasteiger partial charge in [-0.15, -0.1) is 0 Å². The zero-order valence-electron chi connectivity index (χ0n) is 17.7. The SMILES string of the molecule is Nc1ncc(-c2cc(C3CC4CCC(C3)N4C3COC3)nc(N3CC4CC3C4)n2)cn1. The summed E-state index contributed by atoms with van der Waals surface area (Å²) < 4.78 is 5.50. The maximum atomic E-state index is 5.72. The van der Waals surface area contributed by atoms with Gasteiger partial charge >= 0.3 is 0 Å². The minimum Gasteiger partial charge on any atom is -0.378 e. The third kappa shape index (κ3) is 2.95. The van der Waals surface area contributed by atoms with Crippen LogP contribution in [0, 0.1) is 5.92 Å². The number of piperidine rings is 1. The molecule has 2 aromatic heterocycles. The van der Waals surface area contributed by atoms with E-state index in [1.807, 2.05) is 0 Å². The number of nitrogens with zero attached hydrogens (tertiary/aromatic N) is 6. The summed E-state index contributed by atoms with van der Waals surface area (Å²) in [5.41, 5.74) is 8.75. The Morgan fingerprint density at radius 3 is 2.26 bits per heavy atom. The summed E-state index contributed by atoms with van der Waals surface area (Å²) in [6, 6.07) is 4.77. The third-order valence-corrected chi connectivity index (χ3v) is 8.32. The number of fused-ring (bicyclic) bond motifs is 3. The predicted octanol–water partition coefficient (Wildman–Crippen LogP) is 2.22. The van der Waals surface area contributed by atoms with Crippen LogP contribution in [0.3, 0.4) is 0 Å². The van der Waals surface area contributed by atoms with Crippen molar-refractivity contribution in [3.05, 3.63) is 24.2 Å². The highest BCUT2D eigenvalue weighted by Gasteiger charge is 2.47. The van der Waals surface area contributed by atoms with Gasteiger partial charge in [-0.05, 0) is 50.5 Å². The summed E-state index contributed by atoms with van der Waals surface area (Å²) in [6.45, 7) is 2.92. The molecule has 162 valence electrons. The van der Waals surface area contributed by atoms with Gasteiger partial charge in [0.15, 0.2) is 0 Å². The Morgan fingerprint density at radius 1 is 0.903 bits per heavy atom. The normalized spacial score (nSPS) is 34.6. The molecule has 0 radical (unpaired) electrons. The molecule has 2 atom stereocenters. The van der Waals surface area contributed by atoms with Crippen molar-refractivity contribution in [1.82, 2.24) is 24.8 Å². The summed E-state index contributed by atoms with van der Waals surface area (Å²) in [5.74, 6) is 2.51. The van der Waals surface area contributed by atoms with Crippen molar-refractivity contribution >= 4 is 11.9 Å². The Morgan fingerprint density at radius 2 is 1.65 bits per heavy atom. The molecule has 2 aromatic rings. The number of nitrogens with two attached hydrogens (primary N) is 1. The van der Waals surface area contributed by atoms with Crippen molar-refractivity contribution in [3.63, 3.8) is 0 Å². The molecule has 6 fully saturated rings. The van der Waals surface area contributed by atoms with Gasteiger partial charge in [-0.25, -0.2) is 19.9 Å². The maximum absolute atomic E-state index is 5.72. The van der Waals surface area contributed by atoms with Gasteiger partial charge in [0, 0.05) is 54.2 Å². The second-order valence-electron chi connectivity index (χ2n) is 10.1. The number of hydrogen-bond acceptors (Lipinski definition) is 8. The van der Waals surface area contributed by atoms with Crippen molar-refractivity contribution in [3.8, 4) is 11.3 Å². The number of nitrogen functional groups attached to an aromatic ring is 1. The molecule has 6 aliphatic rings. The highest BCUT2D eigenvalue weighted by Crippen LogP contribution is 2.46. The lowest BCUT2D eigenvalue weighted by molar-refractivity contribution is -0.0929. The average molecular weight is 420 g/mol. The monoisotopic (exact) mass is 419 g/mol. The molecule has 5 saturated heterocycles. The minimum atomic E-state index is 0.294. The van der Waals surface area contributed by atoms with Gasteiger partial charge in [0.25, 0.3) is 0 Å². The molecular weight excluding hydrogens is 390 g/mol. The zero-order chi connectivity index (χ0) is 20.5. The molecule has 8 rings (SSSR count). The largest absolute Gasteiger partial charge is 0.378 e. The Labute approximate surface area is 182 Å². The van der Waals surface area contributed by atoms with Crippen molar-refractivity contribution in [1.29, 1.82) is 0 Å². The van der Waals surface area contributed by atoms with E-state index >= 15 is 0 Å². The number of anilines is 2. The molecule has 1 saturated carbocycles. The highest BCUT2D eigenvalue weighted by molar-refractivity contribution is 5.60. The van der Waals surface area contributed by atoms with E-state index in [0.29, 0.717) is 36.0 Å². The summed E-state index contributed by atoms with van der Waals surface area (Å²) in [5, 5.41) is 0. The molecule has 8 nitrogen and oxygen atoms in total. The van der Waals surface area contributed by atoms with Crippen molar-refractivity contribution < 1.29 is 4.74 Å². The second kappa shape index (κ2) is 6.84. The van der Waals surface area contributed by atoms with Crippen molar-refractivity contribution in [2.75, 3.05) is 30.4 Å². The van der Waals surface area contributed by atoms with Gasteiger partial charge in [0.05, 0.1) is 24.9 Å². The molecule has 4 bridgehead atoms. The van der Waals surface area contributed by atoms with E-state index in [1.165, 1.54) is 44.2 Å². The van der Waals surface area contributed by atoms with E-state index in [9.17, 15) is 0 Å². The molecule has 1 aliphatic carbocycles. The van der Waals surface area contributed by atoms with Crippen LogP contribution in [0.25, 0.3) is 11.3 Å². The number of rotatable bonds is 4. The third-order valence-electron chi connectivity index (χ3n) is 8.32. The molecule has 0 amide bonds. The number of aromatic nitrogens is 4. The minimum absolute atomic E-state index is 0.294. The van der Waals surface area contributed by atoms with Crippen LogP contribution >= 0.6 is 0 Å². The smallest absolute Gasteiger partial charge is 0.226 e. The first-order valence-electron chi connectivity index (χ1n) is 11.8. The van der Waals surface area contributed by atoms with Crippen LogP contribution in [0.2, 0.25) is 0 Å². The predicted molar refractivity (Wildman–Crippen MR) is 117 cm³/mol. The highest BCUT2D eigenvalue weighted by atomic mass is 16.5. The van der Waals surface area contributed by atoms with Crippen molar-refractivity contribution in [2.24, 2.45) is 5.92 Å². The first-order valence-corrected chi connectivity index (χ1v) is 11.8. The molecule has 7 heterocycles. The fraction of sp³-hybridized carbons (Fsp3) is 0.652. The van der Waals surface area contributed by atoms with E-state index in [1.54, 1.807) is 12.4 Å². The molecule has 2 unspecified atom stereocenters. The molecule has 5 aliphatic heterocycles. The average Bonchev–Trinajstić information content (AvgIpc) is 3.39. The standard InChI is InChI=1S/C23H29N7O/c24-22-25-8-15(9-26-22)21-7-20(27-23(28-21)29-10-13-3-18(29)4-13)14-5-16-1-2-17(6-14)30(16)19-11-31-12-19/h7-9,13-14,16-19H,1-6,10-12H2,(H2,24,25,26). The lowest BCUT2D eigenvalue weighted by atomic mass is 9.86. The number of ether oxygens (including phenoxy) is 1. The van der Waals surface area contributed by atoms with Gasteiger partial charge in [-0.3, -0.25) is 4.90 Å². The molecular formula is C23H29N7O. The molecule has 2 N–H and O–H groups in total. The van der Waals surface area contributed by atoms with E-state index < -0.39 is 0 Å². The van der Waals surface area contributed by atoms with E-state index in [4.69, 9.17) is 20.4 Å². The summed E-state index contributed by atoms with van der Waals surface area (Å²) >= 11 is 0. The van der Waals surface area contributed by atoms with Crippen LogP contribution in [-0.4, -0.2) is 68.8 Å². The van der Waals surface area contributed by atoms with Crippen LogP contribution < -0.4 is 10.6 Å². The number of hydrogen-bond donors (Lipinski definition) is 1. The van der Waals surface area contributed by atoms with Gasteiger partial charge in [-0.1, -0.05) is 0 Å². The topological polar surface area (TPSA) is 93.3 Å². The summed E-state index contributed by atoms with van der Waals surface area (Å²) in [4.78, 5) is 23.7. The second-order valence-corrected chi connectivity index (χ2v) is 10.1. The van der Waals surface area contributed by atoms with Gasteiger partial charge in [-0.2, -0.15) is 0 Å². The lowest BCUT2D eigenvalue weighted by Crippen LogP contribution is -2.56. The zero-order valence-corrected chi connectivity index (χ0v) is 17.7. The summed E-state index contributed by atoms with van der Waals surface area (Å²) in [6.07, 6.45) is 11.1. The van der Waals surface area contributed by atoms with E-state index in [-0.39, 0.29) is 0 Å². The summed E-state index contributed by atoms with van der Waals surface area (Å²) in [7, 11) is 0. The van der Waals surface area contributed by atoms with Crippen LogP contribution in [0.4, 0.5) is 11.9 Å². The Balaban J connectivity index is 1.23. The van der Waals surface area contributed by atoms with Crippen LogP contribution in [0.15, 0.2) is 18.5 Å². The van der Waals surface area contributed by atoms with E-state index in [2.05, 4.69) is 25.8 Å². The Kier molecular flexibility index (Phi) is 4.03. The van der Waals surface area contributed by atoms with E-state index in [0.717, 1.165) is 42.9 Å². The van der Waals surface area contributed by atoms with Gasteiger partial charge in [0.1, 0.15) is 0 Å². The molecule has 0 aromatic carbocycles. The fourth-order valence-corrected chi connectivity index (χ4v) is 6.63. The van der Waals surface area contributed by atoms with Gasteiger partial charge in [0.2, 0.25) is 11.9 Å². The Bertz CT molecular complexity index is 974. The Hall–Kier alpha value is -2.32. The quantitative estimate of drug-likeness (QED) is 0.806. The van der Waals surface area contributed by atoms with Gasteiger partial charge < -0.3 is 15.4 Å². The van der Waals surface area contributed by atoms with Crippen LogP contribution in [-0.2, 0) is 4.74 Å². The first-order chi connectivity index (χ1) is 15.2. The molecule has 31 heavy (non-hydrogen) atoms. The fourth-order valence-electron chi connectivity index (χ4n) is 6.63. The maximum Gasteiger partial charge on any atom is 0.226 e. The van der Waals surface area contributed by atoms with Crippen LogP contribution in [0.5, 0.6) is 0 Å². The van der Waals surface area contributed by atoms with Crippen LogP contribution in [0.1, 0.15) is 50.1 Å². The lowest BCUT2D eigenvalue weighted by Gasteiger charge is -2.46. The molecule has 8 heteroatoms. The molecule has 0 spiro atoms. The first kappa shape index (κ1) is 18.3.